The molecule has 0 radical (unpaired) electrons. The second kappa shape index (κ2) is 3.93. The monoisotopic (exact) mass is 317 g/mol. The molecular weight excluding hydrogens is 302 g/mol. The minimum Gasteiger partial charge on any atom is -0.320 e. The third-order valence-electron chi connectivity index (χ3n) is 4.17. The molecule has 2 aliphatic rings. The molecule has 98 valence electrons. The fraction of sp³-hybridized carbons (Fsp3) is 0.400. The molecule has 4 heteroatoms. The highest BCUT2D eigenvalue weighted by molar-refractivity contribution is 9.10. The van der Waals surface area contributed by atoms with Crippen LogP contribution in [0.15, 0.2) is 35.2 Å². The maximum absolute atomic E-state index is 6.24. The number of hydrogen-bond donors (Lipinski definition) is 1. The van der Waals surface area contributed by atoms with Crippen molar-refractivity contribution >= 4 is 15.9 Å². The number of nitrogens with two attached hydrogens (primary N) is 1. The molecule has 4 rings (SSSR count). The van der Waals surface area contributed by atoms with Crippen molar-refractivity contribution in [3.8, 4) is 5.69 Å². The minimum atomic E-state index is -0.196. The molecule has 19 heavy (non-hydrogen) atoms. The topological polar surface area (TPSA) is 43.8 Å². The van der Waals surface area contributed by atoms with E-state index in [1.165, 1.54) is 24.1 Å². The summed E-state index contributed by atoms with van der Waals surface area (Å²) in [5.41, 5.74) is 9.64. The second-order valence-electron chi connectivity index (χ2n) is 5.78. The van der Waals surface area contributed by atoms with E-state index in [0.29, 0.717) is 0 Å². The summed E-state index contributed by atoms with van der Waals surface area (Å²) in [4.78, 5) is 4.51. The van der Waals surface area contributed by atoms with Gasteiger partial charge in [-0.1, -0.05) is 12.1 Å². The average molecular weight is 318 g/mol. The zero-order valence-corrected chi connectivity index (χ0v) is 12.2. The van der Waals surface area contributed by atoms with Gasteiger partial charge in [0, 0.05) is 5.69 Å². The largest absolute Gasteiger partial charge is 0.320 e. The molecule has 0 aliphatic heterocycles. The Morgan fingerprint density at radius 1 is 1.32 bits per heavy atom. The van der Waals surface area contributed by atoms with E-state index >= 15 is 0 Å². The van der Waals surface area contributed by atoms with Crippen molar-refractivity contribution in [1.82, 2.24) is 9.55 Å². The van der Waals surface area contributed by atoms with Crippen LogP contribution in [-0.4, -0.2) is 9.55 Å². The van der Waals surface area contributed by atoms with E-state index in [4.69, 9.17) is 5.73 Å². The number of rotatable bonds is 3. The summed E-state index contributed by atoms with van der Waals surface area (Å²) < 4.78 is 3.09. The van der Waals surface area contributed by atoms with Crippen molar-refractivity contribution in [2.75, 3.05) is 0 Å². The van der Waals surface area contributed by atoms with Gasteiger partial charge < -0.3 is 5.73 Å². The number of benzene rings is 1. The third-order valence-corrected chi connectivity index (χ3v) is 4.92. The van der Waals surface area contributed by atoms with Gasteiger partial charge in [-0.25, -0.2) is 4.98 Å². The highest BCUT2D eigenvalue weighted by Gasteiger charge is 2.44. The standard InChI is InChI=1S/C15H16BrN3/c16-14-13(15(17)6-7-15)18-9-19(14)12-3-1-2-11(8-12)10-4-5-10/h1-3,8-10H,4-7,17H2. The molecule has 0 atom stereocenters. The zero-order chi connectivity index (χ0) is 13.0. The summed E-state index contributed by atoms with van der Waals surface area (Å²) in [6.07, 6.45) is 6.59. The predicted molar refractivity (Wildman–Crippen MR) is 78.3 cm³/mol. The first-order valence-electron chi connectivity index (χ1n) is 6.80. The average Bonchev–Trinajstić information content (AvgIpc) is 3.32. The van der Waals surface area contributed by atoms with Crippen molar-refractivity contribution in [3.63, 3.8) is 0 Å². The lowest BCUT2D eigenvalue weighted by Crippen LogP contribution is -2.19. The van der Waals surface area contributed by atoms with E-state index in [2.05, 4.69) is 49.7 Å². The molecule has 1 heterocycles. The zero-order valence-electron chi connectivity index (χ0n) is 10.6. The highest BCUT2D eigenvalue weighted by Crippen LogP contribution is 2.45. The van der Waals surface area contributed by atoms with Gasteiger partial charge in [0.25, 0.3) is 0 Å². The van der Waals surface area contributed by atoms with E-state index < -0.39 is 0 Å². The summed E-state index contributed by atoms with van der Waals surface area (Å²) in [5.74, 6) is 0.769. The second-order valence-corrected chi connectivity index (χ2v) is 6.53. The Balaban J connectivity index is 1.75. The van der Waals surface area contributed by atoms with Crippen LogP contribution in [0.3, 0.4) is 0 Å². The van der Waals surface area contributed by atoms with E-state index in [1.807, 2.05) is 6.33 Å². The van der Waals surface area contributed by atoms with Crippen molar-refractivity contribution in [2.24, 2.45) is 5.73 Å². The molecule has 3 nitrogen and oxygen atoms in total. The van der Waals surface area contributed by atoms with Gasteiger partial charge in [0.1, 0.15) is 10.9 Å². The molecule has 0 amide bonds. The summed E-state index contributed by atoms with van der Waals surface area (Å²) in [5, 5.41) is 0. The maximum Gasteiger partial charge on any atom is 0.114 e. The summed E-state index contributed by atoms with van der Waals surface area (Å²) in [6, 6.07) is 8.74. The van der Waals surface area contributed by atoms with Gasteiger partial charge in [-0.05, 0) is 65.2 Å². The van der Waals surface area contributed by atoms with Gasteiger partial charge in [-0.15, -0.1) is 0 Å². The number of nitrogens with zero attached hydrogens (tertiary/aromatic N) is 2. The fourth-order valence-electron chi connectivity index (χ4n) is 2.56. The molecule has 1 aromatic carbocycles. The molecule has 2 aliphatic carbocycles. The van der Waals surface area contributed by atoms with Crippen LogP contribution in [0.4, 0.5) is 0 Å². The van der Waals surface area contributed by atoms with Crippen LogP contribution in [0, 0.1) is 0 Å². The first-order chi connectivity index (χ1) is 9.17. The van der Waals surface area contributed by atoms with Gasteiger partial charge in [-0.2, -0.15) is 0 Å². The lowest BCUT2D eigenvalue weighted by Gasteiger charge is -2.09. The van der Waals surface area contributed by atoms with Gasteiger partial charge in [-0.3, -0.25) is 4.57 Å². The van der Waals surface area contributed by atoms with Crippen molar-refractivity contribution < 1.29 is 0 Å². The molecule has 2 fully saturated rings. The molecular formula is C15H16BrN3. The molecule has 2 aromatic rings. The number of aromatic nitrogens is 2. The quantitative estimate of drug-likeness (QED) is 0.942. The van der Waals surface area contributed by atoms with E-state index in [0.717, 1.165) is 29.1 Å². The highest BCUT2D eigenvalue weighted by atomic mass is 79.9. The van der Waals surface area contributed by atoms with Crippen LogP contribution in [0.5, 0.6) is 0 Å². The van der Waals surface area contributed by atoms with Crippen LogP contribution < -0.4 is 5.73 Å². The lowest BCUT2D eigenvalue weighted by molar-refractivity contribution is 0.708. The van der Waals surface area contributed by atoms with Crippen LogP contribution in [0.1, 0.15) is 42.9 Å². The molecule has 2 N–H and O–H groups in total. The smallest absolute Gasteiger partial charge is 0.114 e. The lowest BCUT2D eigenvalue weighted by atomic mass is 10.1. The summed E-state index contributed by atoms with van der Waals surface area (Å²) >= 11 is 3.66. The van der Waals surface area contributed by atoms with Gasteiger partial charge in [0.2, 0.25) is 0 Å². The molecule has 0 saturated heterocycles. The molecule has 0 unspecified atom stereocenters. The molecule has 0 spiro atoms. The van der Waals surface area contributed by atoms with Crippen LogP contribution in [0.2, 0.25) is 0 Å². The Labute approximate surface area is 121 Å². The number of imidazole rings is 1. The summed E-state index contributed by atoms with van der Waals surface area (Å²) in [7, 11) is 0. The Bertz CT molecular complexity index is 639. The van der Waals surface area contributed by atoms with Crippen molar-refractivity contribution in [1.29, 1.82) is 0 Å². The number of halogens is 1. The Morgan fingerprint density at radius 2 is 2.11 bits per heavy atom. The van der Waals surface area contributed by atoms with Crippen molar-refractivity contribution in [3.05, 3.63) is 46.5 Å². The first kappa shape index (κ1) is 11.7. The van der Waals surface area contributed by atoms with Gasteiger partial charge in [0.05, 0.1) is 11.2 Å². The van der Waals surface area contributed by atoms with E-state index in [-0.39, 0.29) is 5.54 Å². The molecule has 2 saturated carbocycles. The van der Waals surface area contributed by atoms with E-state index in [9.17, 15) is 0 Å². The minimum absolute atomic E-state index is 0.196. The van der Waals surface area contributed by atoms with Crippen LogP contribution in [0.25, 0.3) is 5.69 Å². The summed E-state index contributed by atoms with van der Waals surface area (Å²) in [6.45, 7) is 0. The fourth-order valence-corrected chi connectivity index (χ4v) is 3.36. The molecule has 1 aromatic heterocycles. The number of hydrogen-bond acceptors (Lipinski definition) is 2. The Kier molecular flexibility index (Phi) is 2.42. The Hall–Kier alpha value is -1.13. The van der Waals surface area contributed by atoms with E-state index in [1.54, 1.807) is 0 Å². The van der Waals surface area contributed by atoms with Crippen molar-refractivity contribution in [2.45, 2.75) is 37.1 Å². The first-order valence-corrected chi connectivity index (χ1v) is 7.59. The van der Waals surface area contributed by atoms with Gasteiger partial charge in [0.15, 0.2) is 0 Å². The third kappa shape index (κ3) is 1.94. The SMILES string of the molecule is NC1(c2ncn(-c3cccc(C4CC4)c3)c2Br)CC1. The normalized spacial score (nSPS) is 20.5. The molecule has 0 bridgehead atoms. The van der Waals surface area contributed by atoms with Crippen LogP contribution >= 0.6 is 15.9 Å². The maximum atomic E-state index is 6.24. The van der Waals surface area contributed by atoms with Crippen LogP contribution in [-0.2, 0) is 5.54 Å². The van der Waals surface area contributed by atoms with Gasteiger partial charge >= 0.3 is 0 Å². The Morgan fingerprint density at radius 3 is 2.79 bits per heavy atom. The predicted octanol–water partition coefficient (Wildman–Crippen LogP) is 3.46.